The molecule has 0 heterocycles. The summed E-state index contributed by atoms with van der Waals surface area (Å²) in [6, 6.07) is 9.34. The average molecular weight is 536 g/mol. The van der Waals surface area contributed by atoms with E-state index in [4.69, 9.17) is 19.6 Å². The summed E-state index contributed by atoms with van der Waals surface area (Å²) in [5.74, 6) is -1.21. The molecular weight excluding hydrogens is 502 g/mol. The number of nitrogens with one attached hydrogen (secondary N) is 3. The van der Waals surface area contributed by atoms with Crippen molar-refractivity contribution in [3.05, 3.63) is 64.2 Å². The summed E-state index contributed by atoms with van der Waals surface area (Å²) in [6.07, 6.45) is 3.79. The quantitative estimate of drug-likeness (QED) is 0.378. The zero-order valence-electron chi connectivity index (χ0n) is 22.1. The standard InChI is InChI=1S/C29H33N3O7/c1-37-25-21(14-18-10-6-13-22(30)19-11-7-12-20(19)24(18)26(25)38-2)27(33)31-15-23(28(34)35)32-29(36)39-16-17-8-4-3-5-9-17/h3-5,8-9,14,23,30H,6-7,10-13,15-16H2,1-2H3,(H,31,33)(H,32,36)(H,34,35). The summed E-state index contributed by atoms with van der Waals surface area (Å²) >= 11 is 0. The Labute approximate surface area is 226 Å². The molecule has 2 aromatic rings. The van der Waals surface area contributed by atoms with E-state index in [1.807, 2.05) is 6.07 Å². The zero-order valence-corrected chi connectivity index (χ0v) is 22.1. The van der Waals surface area contributed by atoms with E-state index in [9.17, 15) is 19.5 Å². The van der Waals surface area contributed by atoms with Gasteiger partial charge in [0.1, 0.15) is 12.6 Å². The zero-order chi connectivity index (χ0) is 27.9. The summed E-state index contributed by atoms with van der Waals surface area (Å²) in [7, 11) is 2.96. The van der Waals surface area contributed by atoms with Crippen LogP contribution in [0.1, 0.15) is 59.2 Å². The van der Waals surface area contributed by atoms with Gasteiger partial charge in [0.2, 0.25) is 0 Å². The van der Waals surface area contributed by atoms with Crippen molar-refractivity contribution in [2.24, 2.45) is 0 Å². The first-order valence-corrected chi connectivity index (χ1v) is 12.9. The number of alkyl carbamates (subject to hydrolysis) is 1. The van der Waals surface area contributed by atoms with Gasteiger partial charge in [-0.05, 0) is 66.9 Å². The predicted octanol–water partition coefficient (Wildman–Crippen LogP) is 4.11. The van der Waals surface area contributed by atoms with Crippen LogP contribution < -0.4 is 20.1 Å². The molecule has 4 N–H and O–H groups in total. The van der Waals surface area contributed by atoms with Crippen LogP contribution in [0.2, 0.25) is 0 Å². The Morgan fingerprint density at radius 2 is 1.67 bits per heavy atom. The number of carboxylic acids is 1. The molecule has 0 saturated carbocycles. The minimum Gasteiger partial charge on any atom is -0.492 e. The predicted molar refractivity (Wildman–Crippen MR) is 145 cm³/mol. The smallest absolute Gasteiger partial charge is 0.408 e. The summed E-state index contributed by atoms with van der Waals surface area (Å²) in [6.45, 7) is -0.390. The van der Waals surface area contributed by atoms with Gasteiger partial charge in [-0.25, -0.2) is 9.59 Å². The van der Waals surface area contributed by atoms with E-state index in [-0.39, 0.29) is 24.5 Å². The van der Waals surface area contributed by atoms with Gasteiger partial charge in [-0.2, -0.15) is 0 Å². The second-order valence-electron chi connectivity index (χ2n) is 9.47. The molecule has 2 aliphatic carbocycles. The maximum atomic E-state index is 13.3. The highest BCUT2D eigenvalue weighted by Gasteiger charge is 2.31. The van der Waals surface area contributed by atoms with Crippen LogP contribution >= 0.6 is 0 Å². The molecule has 0 bridgehead atoms. The van der Waals surface area contributed by atoms with Gasteiger partial charge in [-0.3, -0.25) is 4.79 Å². The molecule has 0 fully saturated rings. The number of rotatable bonds is 9. The lowest BCUT2D eigenvalue weighted by molar-refractivity contribution is -0.139. The lowest BCUT2D eigenvalue weighted by Crippen LogP contribution is -2.48. The van der Waals surface area contributed by atoms with Crippen molar-refractivity contribution < 1.29 is 33.7 Å². The molecule has 4 rings (SSSR count). The van der Waals surface area contributed by atoms with Crippen molar-refractivity contribution in [3.8, 4) is 11.5 Å². The fourth-order valence-corrected chi connectivity index (χ4v) is 5.14. The molecule has 0 saturated heterocycles. The molecule has 39 heavy (non-hydrogen) atoms. The number of benzene rings is 2. The molecule has 2 aliphatic rings. The summed E-state index contributed by atoms with van der Waals surface area (Å²) in [5.41, 5.74) is 5.55. The number of aliphatic carboxylic acids is 1. The van der Waals surface area contributed by atoms with E-state index in [0.717, 1.165) is 53.5 Å². The molecule has 0 radical (unpaired) electrons. The number of fused-ring (bicyclic) bond motifs is 2. The van der Waals surface area contributed by atoms with E-state index in [1.54, 1.807) is 30.3 Å². The van der Waals surface area contributed by atoms with Crippen LogP contribution in [-0.4, -0.2) is 55.6 Å². The monoisotopic (exact) mass is 535 g/mol. The van der Waals surface area contributed by atoms with E-state index in [2.05, 4.69) is 10.6 Å². The Morgan fingerprint density at radius 1 is 0.974 bits per heavy atom. The molecule has 10 nitrogen and oxygen atoms in total. The van der Waals surface area contributed by atoms with Gasteiger partial charge >= 0.3 is 12.1 Å². The van der Waals surface area contributed by atoms with Gasteiger partial charge in [0.25, 0.3) is 5.91 Å². The third kappa shape index (κ3) is 6.22. The Morgan fingerprint density at radius 3 is 2.36 bits per heavy atom. The van der Waals surface area contributed by atoms with Crippen LogP contribution in [0.5, 0.6) is 11.5 Å². The maximum Gasteiger partial charge on any atom is 0.408 e. The van der Waals surface area contributed by atoms with Gasteiger partial charge in [-0.1, -0.05) is 30.3 Å². The molecule has 1 atom stereocenters. The van der Waals surface area contributed by atoms with Crippen molar-refractivity contribution >= 4 is 29.3 Å². The number of hydrogen-bond donors (Lipinski definition) is 4. The van der Waals surface area contributed by atoms with Crippen LogP contribution in [0.3, 0.4) is 0 Å². The SMILES string of the molecule is COc1c(C(=O)NCC(NC(=O)OCc2ccccc2)C(=O)O)cc2c(c1OC)C1=C(CCC1)C(=N)CCC2. The molecule has 0 aromatic heterocycles. The van der Waals surface area contributed by atoms with Crippen molar-refractivity contribution in [1.82, 2.24) is 10.6 Å². The first-order chi connectivity index (χ1) is 18.8. The van der Waals surface area contributed by atoms with Gasteiger partial charge in [0.05, 0.1) is 19.8 Å². The van der Waals surface area contributed by atoms with Crippen LogP contribution in [0.4, 0.5) is 4.79 Å². The first-order valence-electron chi connectivity index (χ1n) is 12.9. The van der Waals surface area contributed by atoms with E-state index < -0.39 is 24.0 Å². The fourth-order valence-electron chi connectivity index (χ4n) is 5.14. The molecule has 2 amide bonds. The van der Waals surface area contributed by atoms with Gasteiger partial charge in [0.15, 0.2) is 11.5 Å². The normalized spacial score (nSPS) is 15.3. The molecular formula is C29H33N3O7. The lowest BCUT2D eigenvalue weighted by Gasteiger charge is -2.24. The van der Waals surface area contributed by atoms with Gasteiger partial charge in [0, 0.05) is 17.8 Å². The number of carbonyl (C=O) groups is 3. The first kappa shape index (κ1) is 27.7. The summed E-state index contributed by atoms with van der Waals surface area (Å²) < 4.78 is 16.5. The highest BCUT2D eigenvalue weighted by atomic mass is 16.5. The number of hydrogen-bond acceptors (Lipinski definition) is 7. The van der Waals surface area contributed by atoms with Crippen LogP contribution in [-0.2, 0) is 22.6 Å². The van der Waals surface area contributed by atoms with E-state index in [1.165, 1.54) is 14.2 Å². The minimum absolute atomic E-state index is 0.0187. The Kier molecular flexibility index (Phi) is 8.85. The fraction of sp³-hybridized carbons (Fsp3) is 0.379. The Bertz CT molecular complexity index is 1300. The molecule has 2 aromatic carbocycles. The largest absolute Gasteiger partial charge is 0.492 e. The Balaban J connectivity index is 1.53. The third-order valence-electron chi connectivity index (χ3n) is 7.00. The molecule has 10 heteroatoms. The van der Waals surface area contributed by atoms with Crippen molar-refractivity contribution in [2.75, 3.05) is 20.8 Å². The van der Waals surface area contributed by atoms with Gasteiger partial charge in [-0.15, -0.1) is 0 Å². The topological polar surface area (TPSA) is 147 Å². The number of amides is 2. The molecule has 0 spiro atoms. The Hall–Kier alpha value is -4.34. The molecule has 206 valence electrons. The third-order valence-corrected chi connectivity index (χ3v) is 7.00. The minimum atomic E-state index is -1.41. The number of ether oxygens (including phenoxy) is 3. The highest BCUT2D eigenvalue weighted by molar-refractivity contribution is 6.07. The molecule has 0 aliphatic heterocycles. The second-order valence-corrected chi connectivity index (χ2v) is 9.47. The number of allylic oxidation sites excluding steroid dienone is 2. The summed E-state index contributed by atoms with van der Waals surface area (Å²) in [4.78, 5) is 37.3. The number of carboxylic acid groups (broad SMARTS) is 1. The lowest BCUT2D eigenvalue weighted by atomic mass is 9.86. The average Bonchev–Trinajstić information content (AvgIpc) is 3.41. The van der Waals surface area contributed by atoms with E-state index in [0.29, 0.717) is 24.3 Å². The molecule has 1 unspecified atom stereocenters. The van der Waals surface area contributed by atoms with Crippen LogP contribution in [0.25, 0.3) is 5.57 Å². The van der Waals surface area contributed by atoms with Crippen molar-refractivity contribution in [3.63, 3.8) is 0 Å². The maximum absolute atomic E-state index is 13.3. The van der Waals surface area contributed by atoms with E-state index >= 15 is 0 Å². The number of methoxy groups -OCH3 is 2. The number of aryl methyl sites for hydroxylation is 1. The van der Waals surface area contributed by atoms with Crippen molar-refractivity contribution in [1.29, 1.82) is 5.41 Å². The summed E-state index contributed by atoms with van der Waals surface area (Å²) in [5, 5.41) is 23.0. The van der Waals surface area contributed by atoms with Crippen LogP contribution in [0.15, 0.2) is 42.0 Å². The second kappa shape index (κ2) is 12.5. The highest BCUT2D eigenvalue weighted by Crippen LogP contribution is 2.47. The van der Waals surface area contributed by atoms with Gasteiger partial charge < -0.3 is 35.4 Å². The van der Waals surface area contributed by atoms with Crippen LogP contribution in [0, 0.1) is 5.41 Å². The van der Waals surface area contributed by atoms with Crippen molar-refractivity contribution in [2.45, 2.75) is 51.2 Å². The number of carbonyl (C=O) groups excluding carboxylic acids is 2.